The molecule has 0 saturated carbocycles. The highest BCUT2D eigenvalue weighted by Crippen LogP contribution is 2.36. The summed E-state index contributed by atoms with van der Waals surface area (Å²) in [5, 5.41) is 16.7. The second kappa shape index (κ2) is 10.8. The van der Waals surface area contributed by atoms with E-state index in [2.05, 4.69) is 23.4 Å². The van der Waals surface area contributed by atoms with Crippen molar-refractivity contribution >= 4 is 59.1 Å². The van der Waals surface area contributed by atoms with Gasteiger partial charge in [-0.3, -0.25) is 14.9 Å². The number of para-hydroxylation sites is 1. The molecule has 0 aliphatic rings. The van der Waals surface area contributed by atoms with Crippen molar-refractivity contribution in [2.45, 2.75) is 0 Å². The van der Waals surface area contributed by atoms with Crippen LogP contribution in [0.25, 0.3) is 0 Å². The van der Waals surface area contributed by atoms with Crippen molar-refractivity contribution in [1.29, 1.82) is 0 Å². The standard InChI is InChI=1S/C22H19ClN4O6S/c1-32-19-12-20(33-2)17(11-16(19)23)25-22(29)26(34)14-9-7-13(8-10-14)24-21(28)15-5-3-4-6-18(15)27(30)31/h3-12,34H,1-2H3,(H,24,28)(H,25,29). The van der Waals surface area contributed by atoms with E-state index < -0.39 is 16.9 Å². The minimum atomic E-state index is -0.635. The van der Waals surface area contributed by atoms with E-state index in [1.807, 2.05) is 0 Å². The summed E-state index contributed by atoms with van der Waals surface area (Å²) in [6.45, 7) is 0. The molecule has 0 bridgehead atoms. The third kappa shape index (κ3) is 5.50. The number of nitro groups is 1. The van der Waals surface area contributed by atoms with Gasteiger partial charge in [-0.05, 0) is 36.4 Å². The van der Waals surface area contributed by atoms with E-state index in [4.69, 9.17) is 21.1 Å². The summed E-state index contributed by atoms with van der Waals surface area (Å²) in [4.78, 5) is 35.6. The fourth-order valence-electron chi connectivity index (χ4n) is 2.95. The number of amides is 3. The molecule has 2 N–H and O–H groups in total. The van der Waals surface area contributed by atoms with Gasteiger partial charge in [0.15, 0.2) is 0 Å². The van der Waals surface area contributed by atoms with Gasteiger partial charge in [0.25, 0.3) is 11.6 Å². The number of methoxy groups -OCH3 is 2. The molecule has 10 nitrogen and oxygen atoms in total. The Bertz CT molecular complexity index is 1240. The topological polar surface area (TPSA) is 123 Å². The van der Waals surface area contributed by atoms with E-state index in [9.17, 15) is 19.7 Å². The van der Waals surface area contributed by atoms with Crippen LogP contribution in [0.3, 0.4) is 0 Å². The van der Waals surface area contributed by atoms with Crippen LogP contribution in [-0.2, 0) is 0 Å². The molecule has 3 aromatic carbocycles. The molecular weight excluding hydrogens is 484 g/mol. The Kier molecular flexibility index (Phi) is 7.82. The molecule has 3 aromatic rings. The Labute approximate surface area is 205 Å². The smallest absolute Gasteiger partial charge is 0.336 e. The minimum Gasteiger partial charge on any atom is -0.495 e. The summed E-state index contributed by atoms with van der Waals surface area (Å²) in [5.74, 6) is 0.0890. The normalized spacial score (nSPS) is 10.2. The highest BCUT2D eigenvalue weighted by atomic mass is 35.5. The number of nitrogens with zero attached hydrogens (tertiary/aromatic N) is 2. The molecule has 3 rings (SSSR count). The molecule has 0 aromatic heterocycles. The summed E-state index contributed by atoms with van der Waals surface area (Å²) in [6.07, 6.45) is 0. The third-order valence-corrected chi connectivity index (χ3v) is 5.33. The molecule has 0 atom stereocenters. The number of rotatable bonds is 7. The number of thiol groups is 1. The molecule has 34 heavy (non-hydrogen) atoms. The number of carbonyl (C=O) groups is 2. The van der Waals surface area contributed by atoms with E-state index in [-0.39, 0.29) is 16.3 Å². The maximum atomic E-state index is 12.7. The highest BCUT2D eigenvalue weighted by molar-refractivity contribution is 7.82. The number of carbonyl (C=O) groups excluding carboxylic acids is 2. The lowest BCUT2D eigenvalue weighted by molar-refractivity contribution is -0.385. The maximum absolute atomic E-state index is 12.7. The van der Waals surface area contributed by atoms with E-state index in [0.29, 0.717) is 28.6 Å². The van der Waals surface area contributed by atoms with Crippen LogP contribution in [0.1, 0.15) is 10.4 Å². The molecule has 0 spiro atoms. The average Bonchev–Trinajstić information content (AvgIpc) is 2.84. The van der Waals surface area contributed by atoms with Crippen LogP contribution in [0.2, 0.25) is 5.02 Å². The monoisotopic (exact) mass is 502 g/mol. The van der Waals surface area contributed by atoms with Gasteiger partial charge in [0.2, 0.25) is 0 Å². The van der Waals surface area contributed by atoms with Crippen LogP contribution in [0.4, 0.5) is 27.5 Å². The molecule has 0 aliphatic carbocycles. The zero-order chi connectivity index (χ0) is 24.8. The van der Waals surface area contributed by atoms with Crippen molar-refractivity contribution in [1.82, 2.24) is 0 Å². The predicted molar refractivity (Wildman–Crippen MR) is 133 cm³/mol. The number of hydrogen-bond donors (Lipinski definition) is 3. The number of benzene rings is 3. The largest absolute Gasteiger partial charge is 0.495 e. The molecule has 0 heterocycles. The summed E-state index contributed by atoms with van der Waals surface area (Å²) >= 11 is 10.4. The summed E-state index contributed by atoms with van der Waals surface area (Å²) < 4.78 is 11.4. The van der Waals surface area contributed by atoms with Gasteiger partial charge < -0.3 is 20.1 Å². The van der Waals surface area contributed by atoms with Crippen LogP contribution in [0.15, 0.2) is 60.7 Å². The highest BCUT2D eigenvalue weighted by Gasteiger charge is 2.20. The van der Waals surface area contributed by atoms with E-state index in [1.54, 1.807) is 12.1 Å². The maximum Gasteiger partial charge on any atom is 0.336 e. The SMILES string of the molecule is COc1cc(OC)c(NC(=O)N(S)c2ccc(NC(=O)c3ccccc3[N+](=O)[O-])cc2)cc1Cl. The first-order chi connectivity index (χ1) is 16.2. The summed E-state index contributed by atoms with van der Waals surface area (Å²) in [6, 6.07) is 14.2. The van der Waals surface area contributed by atoms with Gasteiger partial charge in [0, 0.05) is 17.8 Å². The van der Waals surface area contributed by atoms with Crippen LogP contribution < -0.4 is 24.4 Å². The summed E-state index contributed by atoms with van der Waals surface area (Å²) in [5.41, 5.74) is 0.703. The molecule has 3 amide bonds. The molecule has 0 saturated heterocycles. The van der Waals surface area contributed by atoms with E-state index in [1.165, 1.54) is 62.8 Å². The predicted octanol–water partition coefficient (Wildman–Crippen LogP) is 5.40. The van der Waals surface area contributed by atoms with Crippen LogP contribution >= 0.6 is 24.4 Å². The fourth-order valence-corrected chi connectivity index (χ4v) is 3.38. The van der Waals surface area contributed by atoms with Gasteiger partial charge in [-0.1, -0.05) is 36.5 Å². The Balaban J connectivity index is 1.71. The van der Waals surface area contributed by atoms with Crippen molar-refractivity contribution < 1.29 is 24.0 Å². The first-order valence-electron chi connectivity index (χ1n) is 9.61. The van der Waals surface area contributed by atoms with Crippen molar-refractivity contribution in [3.8, 4) is 11.5 Å². The van der Waals surface area contributed by atoms with Crippen LogP contribution in [-0.4, -0.2) is 31.1 Å². The van der Waals surface area contributed by atoms with Gasteiger partial charge in [-0.2, -0.15) is 0 Å². The number of nitro benzene ring substituents is 1. The quantitative estimate of drug-likeness (QED) is 0.226. The first kappa shape index (κ1) is 24.7. The van der Waals surface area contributed by atoms with Gasteiger partial charge in [0.1, 0.15) is 17.1 Å². The first-order valence-corrected chi connectivity index (χ1v) is 10.4. The average molecular weight is 503 g/mol. The lowest BCUT2D eigenvalue weighted by Crippen LogP contribution is -2.27. The van der Waals surface area contributed by atoms with Crippen molar-refractivity contribution in [3.05, 3.63) is 81.4 Å². The molecular formula is C22H19ClN4O6S. The van der Waals surface area contributed by atoms with Gasteiger partial charge >= 0.3 is 6.03 Å². The molecule has 0 aliphatic heterocycles. The Morgan fingerprint density at radius 1 is 1.00 bits per heavy atom. The lowest BCUT2D eigenvalue weighted by atomic mass is 10.1. The molecule has 0 unspecified atom stereocenters. The Morgan fingerprint density at radius 2 is 1.65 bits per heavy atom. The third-order valence-electron chi connectivity index (χ3n) is 4.62. The number of hydrogen-bond acceptors (Lipinski definition) is 7. The van der Waals surface area contributed by atoms with Crippen LogP contribution in [0.5, 0.6) is 11.5 Å². The van der Waals surface area contributed by atoms with Gasteiger partial charge in [0.05, 0.1) is 35.5 Å². The number of urea groups is 1. The van der Waals surface area contributed by atoms with E-state index >= 15 is 0 Å². The van der Waals surface area contributed by atoms with Crippen LogP contribution in [0, 0.1) is 10.1 Å². The van der Waals surface area contributed by atoms with Crippen molar-refractivity contribution in [2.75, 3.05) is 29.2 Å². The Hall–Kier alpha value is -3.96. The zero-order valence-corrected chi connectivity index (χ0v) is 19.6. The fraction of sp³-hybridized carbons (Fsp3) is 0.0909. The van der Waals surface area contributed by atoms with Gasteiger partial charge in [-0.25, -0.2) is 9.10 Å². The molecule has 0 radical (unpaired) electrons. The molecule has 12 heteroatoms. The van der Waals surface area contributed by atoms with Gasteiger partial charge in [-0.15, -0.1) is 0 Å². The number of anilines is 3. The van der Waals surface area contributed by atoms with Crippen molar-refractivity contribution in [3.63, 3.8) is 0 Å². The molecule has 176 valence electrons. The lowest BCUT2D eigenvalue weighted by Gasteiger charge is -2.19. The second-order valence-corrected chi connectivity index (χ2v) is 7.51. The van der Waals surface area contributed by atoms with E-state index in [0.717, 1.165) is 4.31 Å². The number of halogens is 1. The summed E-state index contributed by atoms with van der Waals surface area (Å²) in [7, 11) is 2.90. The zero-order valence-electron chi connectivity index (χ0n) is 17.9. The Morgan fingerprint density at radius 3 is 2.26 bits per heavy atom. The number of ether oxygens (including phenoxy) is 2. The second-order valence-electron chi connectivity index (χ2n) is 6.70. The van der Waals surface area contributed by atoms with Crippen molar-refractivity contribution in [2.24, 2.45) is 0 Å². The molecule has 0 fully saturated rings. The minimum absolute atomic E-state index is 0.0705. The number of nitrogens with one attached hydrogen (secondary N) is 2.